The third kappa shape index (κ3) is 8.78. The number of hydrogen-bond acceptors (Lipinski definition) is 13. The SMILES string of the molecule is CCN1C(=CC=CC2=[N+](CCCCC#Cc3cn([C@H]4C[C@@H](O)[C@@H](CO)O4)c(=O)nc3N)c3ccc(S(=O)(=O)[O-])cc3C2(C)C)C(C)(C)c2cc(S(=O)(=O)[O-])ccc21.[Na+]. The number of rotatable bonds is 11. The number of aliphatic hydroxyl groups excluding tert-OH is 2. The Morgan fingerprint density at radius 2 is 1.69 bits per heavy atom. The second-order valence-electron chi connectivity index (χ2n) is 15.3. The van der Waals surface area contributed by atoms with Crippen molar-refractivity contribution in [1.29, 1.82) is 0 Å². The van der Waals surface area contributed by atoms with Crippen molar-refractivity contribution >= 4 is 43.1 Å². The van der Waals surface area contributed by atoms with Crippen LogP contribution >= 0.6 is 0 Å². The Hall–Kier alpha value is -3.67. The maximum absolute atomic E-state index is 12.5. The first kappa shape index (κ1) is 45.4. The number of anilines is 2. The van der Waals surface area contributed by atoms with Crippen LogP contribution in [0.15, 0.2) is 81.1 Å². The molecule has 0 radical (unpaired) electrons. The van der Waals surface area contributed by atoms with E-state index in [4.69, 9.17) is 10.5 Å². The van der Waals surface area contributed by atoms with E-state index in [0.717, 1.165) is 28.3 Å². The summed E-state index contributed by atoms with van der Waals surface area (Å²) < 4.78 is 80.6. The topological polar surface area (TPSA) is 231 Å². The van der Waals surface area contributed by atoms with Crippen LogP contribution in [0.3, 0.4) is 0 Å². The van der Waals surface area contributed by atoms with Gasteiger partial charge in [0.2, 0.25) is 5.69 Å². The number of nitrogen functional groups attached to an aromatic ring is 1. The molecule has 1 fully saturated rings. The molecular weight excluding hydrogens is 798 g/mol. The average molecular weight is 844 g/mol. The van der Waals surface area contributed by atoms with E-state index in [9.17, 15) is 40.9 Å². The molecule has 1 aromatic heterocycles. The summed E-state index contributed by atoms with van der Waals surface area (Å²) in [6.07, 6.45) is 6.58. The molecule has 3 aliphatic rings. The number of unbranched alkanes of at least 4 members (excludes halogenated alkanes) is 2. The van der Waals surface area contributed by atoms with E-state index < -0.39 is 61.8 Å². The molecular formula is C40H46N5NaO10S2. The summed E-state index contributed by atoms with van der Waals surface area (Å²) in [5, 5.41) is 19.5. The summed E-state index contributed by atoms with van der Waals surface area (Å²) >= 11 is 0. The van der Waals surface area contributed by atoms with E-state index in [-0.39, 0.29) is 51.6 Å². The van der Waals surface area contributed by atoms with Crippen molar-refractivity contribution in [1.82, 2.24) is 9.55 Å². The van der Waals surface area contributed by atoms with Crippen molar-refractivity contribution < 1.29 is 75.0 Å². The number of fused-ring (bicyclic) bond motifs is 2. The average Bonchev–Trinajstić information content (AvgIpc) is 3.69. The van der Waals surface area contributed by atoms with Crippen LogP contribution in [-0.2, 0) is 35.8 Å². The van der Waals surface area contributed by atoms with Crippen LogP contribution in [0, 0.1) is 11.8 Å². The summed E-state index contributed by atoms with van der Waals surface area (Å²) in [6.45, 7) is 10.6. The van der Waals surface area contributed by atoms with Gasteiger partial charge >= 0.3 is 35.2 Å². The molecule has 3 aliphatic heterocycles. The second-order valence-corrected chi connectivity index (χ2v) is 18.1. The third-order valence-electron chi connectivity index (χ3n) is 11.0. The number of hydrogen-bond donors (Lipinski definition) is 3. The zero-order chi connectivity index (χ0) is 41.7. The van der Waals surface area contributed by atoms with Gasteiger partial charge in [-0.2, -0.15) is 9.56 Å². The number of aromatic nitrogens is 2. The molecule has 2 aromatic carbocycles. The van der Waals surface area contributed by atoms with E-state index >= 15 is 0 Å². The van der Waals surface area contributed by atoms with Crippen LogP contribution in [0.25, 0.3) is 0 Å². The second kappa shape index (κ2) is 17.1. The van der Waals surface area contributed by atoms with Gasteiger partial charge < -0.3 is 34.7 Å². The molecule has 0 amide bonds. The van der Waals surface area contributed by atoms with Gasteiger partial charge in [0, 0.05) is 66.5 Å². The predicted octanol–water partition coefficient (Wildman–Crippen LogP) is 0.134. The third-order valence-corrected chi connectivity index (χ3v) is 12.6. The minimum atomic E-state index is -4.71. The van der Waals surface area contributed by atoms with Crippen LogP contribution in [0.5, 0.6) is 0 Å². The molecule has 3 aromatic rings. The molecule has 304 valence electrons. The van der Waals surface area contributed by atoms with Crippen LogP contribution in [0.1, 0.15) is 83.2 Å². The molecule has 1 saturated heterocycles. The number of likely N-dealkylation sites (N-methyl/N-ethyl adjacent to an activating group) is 1. The summed E-state index contributed by atoms with van der Waals surface area (Å²) in [7, 11) is -9.36. The quantitative estimate of drug-likeness (QED) is 0.0768. The van der Waals surface area contributed by atoms with Gasteiger partial charge in [-0.1, -0.05) is 31.8 Å². The largest absolute Gasteiger partial charge is 1.00 e. The Labute approximate surface area is 360 Å². The van der Waals surface area contributed by atoms with Crippen molar-refractivity contribution in [3.63, 3.8) is 0 Å². The van der Waals surface area contributed by atoms with Gasteiger partial charge in [0.05, 0.1) is 33.5 Å². The molecule has 0 bridgehead atoms. The zero-order valence-corrected chi connectivity index (χ0v) is 36.9. The number of nitrogens with two attached hydrogens (primary N) is 1. The van der Waals surface area contributed by atoms with E-state index in [2.05, 4.69) is 26.3 Å². The van der Waals surface area contributed by atoms with Crippen LogP contribution in [0.2, 0.25) is 0 Å². The molecule has 4 N–H and O–H groups in total. The molecule has 3 atom stereocenters. The number of allylic oxidation sites excluding steroid dienone is 4. The van der Waals surface area contributed by atoms with Gasteiger partial charge in [-0.15, -0.1) is 0 Å². The fraction of sp³-hybridized carbons (Fsp3) is 0.425. The van der Waals surface area contributed by atoms with Crippen LogP contribution in [-0.4, -0.2) is 87.9 Å². The molecule has 0 saturated carbocycles. The number of nitrogens with zero attached hydrogens (tertiary/aromatic N) is 4. The van der Waals surface area contributed by atoms with Crippen molar-refractivity contribution in [2.75, 3.05) is 30.3 Å². The van der Waals surface area contributed by atoms with Gasteiger partial charge in [-0.25, -0.2) is 21.6 Å². The molecule has 15 nitrogen and oxygen atoms in total. The predicted molar refractivity (Wildman–Crippen MR) is 210 cm³/mol. The Kier molecular flexibility index (Phi) is 13.4. The number of aliphatic hydroxyl groups is 2. The van der Waals surface area contributed by atoms with Crippen molar-refractivity contribution in [2.45, 2.75) is 99.4 Å². The standard InChI is InChI=1S/C40H47N5O10S2.Na/c1-6-43-30-17-15-26(56(49,50)51)20-28(30)39(2,3)34(43)13-11-14-35-40(4,5)29-21-27(57(52,53)54)16-18-31(29)44(35)19-10-8-7-9-12-25-23-45(38(48)42-37(25)41)36-22-32(47)33(24-46)55-36;/h11,13-18,20-21,23,32-33,36,46-47H,6-8,10,19,22,24H2,1-5H3,(H3-,41,42,48,49,50,51,52,53,54);/q;+1/p-1/t32-,33-,36-;/m1./s1. The summed E-state index contributed by atoms with van der Waals surface area (Å²) in [6, 6.07) is 8.83. The molecule has 4 heterocycles. The summed E-state index contributed by atoms with van der Waals surface area (Å²) in [5.41, 5.74) is 9.06. The first-order chi connectivity index (χ1) is 26.7. The van der Waals surface area contributed by atoms with Gasteiger partial charge in [0.25, 0.3) is 0 Å². The monoisotopic (exact) mass is 843 g/mol. The van der Waals surface area contributed by atoms with Crippen molar-refractivity contribution in [2.24, 2.45) is 0 Å². The molecule has 18 heteroatoms. The minimum Gasteiger partial charge on any atom is -0.744 e. The van der Waals surface area contributed by atoms with Gasteiger partial charge in [0.15, 0.2) is 5.71 Å². The van der Waals surface area contributed by atoms with E-state index in [1.54, 1.807) is 12.1 Å². The van der Waals surface area contributed by atoms with Crippen molar-refractivity contribution in [3.05, 3.63) is 93.7 Å². The van der Waals surface area contributed by atoms with E-state index in [1.807, 2.05) is 52.8 Å². The smallest absolute Gasteiger partial charge is 0.744 e. The molecule has 0 spiro atoms. The Balaban J connectivity index is 0.00000641. The van der Waals surface area contributed by atoms with Crippen molar-refractivity contribution in [3.8, 4) is 11.8 Å². The molecule has 0 unspecified atom stereocenters. The number of benzene rings is 2. The Morgan fingerprint density at radius 1 is 1.03 bits per heavy atom. The maximum Gasteiger partial charge on any atom is 1.00 e. The first-order valence-electron chi connectivity index (χ1n) is 18.5. The molecule has 58 heavy (non-hydrogen) atoms. The number of ether oxygens (including phenoxy) is 1. The van der Waals surface area contributed by atoms with Crippen LogP contribution < -0.4 is 45.9 Å². The fourth-order valence-electron chi connectivity index (χ4n) is 7.91. The fourth-order valence-corrected chi connectivity index (χ4v) is 8.90. The minimum absolute atomic E-state index is 0. The Bertz CT molecular complexity index is 2550. The zero-order valence-electron chi connectivity index (χ0n) is 33.3. The van der Waals surface area contributed by atoms with E-state index in [1.165, 1.54) is 35.0 Å². The van der Waals surface area contributed by atoms with Gasteiger partial charge in [-0.05, 0) is 69.2 Å². The Morgan fingerprint density at radius 3 is 2.31 bits per heavy atom. The summed E-state index contributed by atoms with van der Waals surface area (Å²) in [5.74, 6) is 6.03. The van der Waals surface area contributed by atoms with Gasteiger partial charge in [-0.3, -0.25) is 4.57 Å². The first-order valence-corrected chi connectivity index (χ1v) is 21.4. The molecule has 6 rings (SSSR count). The van der Waals surface area contributed by atoms with E-state index in [0.29, 0.717) is 43.5 Å². The van der Waals surface area contributed by atoms with Crippen LogP contribution in [0.4, 0.5) is 17.2 Å². The van der Waals surface area contributed by atoms with Gasteiger partial charge in [0.1, 0.15) is 44.9 Å². The maximum atomic E-state index is 12.5. The molecule has 0 aliphatic carbocycles. The normalized spacial score (nSPS) is 21.6. The summed E-state index contributed by atoms with van der Waals surface area (Å²) in [4.78, 5) is 17.9.